The lowest BCUT2D eigenvalue weighted by atomic mass is 10.1. The molecule has 136 valence electrons. The van der Waals surface area contributed by atoms with Gasteiger partial charge in [0.05, 0.1) is 5.56 Å². The van der Waals surface area contributed by atoms with Gasteiger partial charge in [0, 0.05) is 36.7 Å². The molecule has 1 saturated heterocycles. The van der Waals surface area contributed by atoms with Crippen molar-refractivity contribution in [3.8, 4) is 0 Å². The Morgan fingerprint density at radius 1 is 1.12 bits per heavy atom. The minimum absolute atomic E-state index is 0.0329. The molecule has 1 aliphatic rings. The van der Waals surface area contributed by atoms with Crippen LogP contribution in [0.25, 0.3) is 0 Å². The highest BCUT2D eigenvalue weighted by Gasteiger charge is 2.32. The van der Waals surface area contributed by atoms with Gasteiger partial charge in [-0.2, -0.15) is 13.2 Å². The van der Waals surface area contributed by atoms with Gasteiger partial charge in [-0.15, -0.1) is 0 Å². The number of hydrogen-bond donors (Lipinski definition) is 1. The number of para-hydroxylation sites is 1. The lowest BCUT2D eigenvalue weighted by Crippen LogP contribution is -2.31. The summed E-state index contributed by atoms with van der Waals surface area (Å²) in [5.74, 6) is -0.700. The Balaban J connectivity index is 1.60. The van der Waals surface area contributed by atoms with Crippen LogP contribution in [-0.2, 0) is 11.0 Å². The van der Waals surface area contributed by atoms with Crippen molar-refractivity contribution in [1.29, 1.82) is 0 Å². The van der Waals surface area contributed by atoms with Crippen LogP contribution < -0.4 is 10.2 Å². The molecular formula is C19H17F3N2O2. The zero-order valence-corrected chi connectivity index (χ0v) is 13.8. The van der Waals surface area contributed by atoms with Crippen molar-refractivity contribution in [3.05, 3.63) is 65.7 Å². The Bertz CT molecular complexity index is 806. The second kappa shape index (κ2) is 7.19. The van der Waals surface area contributed by atoms with Gasteiger partial charge in [-0.05, 0) is 30.3 Å². The Morgan fingerprint density at radius 3 is 2.54 bits per heavy atom. The third kappa shape index (κ3) is 4.04. The van der Waals surface area contributed by atoms with Crippen LogP contribution in [0.2, 0.25) is 0 Å². The molecule has 3 rings (SSSR count). The van der Waals surface area contributed by atoms with Crippen molar-refractivity contribution in [2.45, 2.75) is 12.6 Å². The fourth-order valence-electron chi connectivity index (χ4n) is 2.95. The van der Waals surface area contributed by atoms with E-state index in [1.54, 1.807) is 4.90 Å². The van der Waals surface area contributed by atoms with Crippen LogP contribution in [0.4, 0.5) is 18.9 Å². The number of nitrogens with zero attached hydrogens (tertiary/aromatic N) is 1. The summed E-state index contributed by atoms with van der Waals surface area (Å²) in [6.07, 6.45) is -4.21. The zero-order chi connectivity index (χ0) is 18.7. The number of carbonyl (C=O) groups is 2. The van der Waals surface area contributed by atoms with E-state index in [2.05, 4.69) is 5.32 Å². The minimum Gasteiger partial charge on any atom is -0.352 e. The van der Waals surface area contributed by atoms with Gasteiger partial charge in [0.15, 0.2) is 0 Å². The summed E-state index contributed by atoms with van der Waals surface area (Å²) in [6.45, 7) is 0.690. The molecule has 1 aliphatic heterocycles. The quantitative estimate of drug-likeness (QED) is 0.905. The van der Waals surface area contributed by atoms with Crippen molar-refractivity contribution >= 4 is 17.5 Å². The highest BCUT2D eigenvalue weighted by Crippen LogP contribution is 2.29. The number of benzene rings is 2. The Labute approximate surface area is 148 Å². The smallest absolute Gasteiger partial charge is 0.352 e. The van der Waals surface area contributed by atoms with Crippen LogP contribution >= 0.6 is 0 Å². The molecule has 4 nitrogen and oxygen atoms in total. The molecule has 1 heterocycles. The molecule has 1 atom stereocenters. The summed E-state index contributed by atoms with van der Waals surface area (Å²) in [5, 5.41) is 2.63. The number of hydrogen-bond acceptors (Lipinski definition) is 2. The third-order valence-electron chi connectivity index (χ3n) is 4.28. The van der Waals surface area contributed by atoms with Crippen LogP contribution in [0, 0.1) is 5.92 Å². The second-order valence-electron chi connectivity index (χ2n) is 6.20. The summed E-state index contributed by atoms with van der Waals surface area (Å²) >= 11 is 0. The highest BCUT2D eigenvalue weighted by atomic mass is 19.4. The van der Waals surface area contributed by atoms with E-state index in [1.807, 2.05) is 30.3 Å². The first-order valence-corrected chi connectivity index (χ1v) is 8.15. The van der Waals surface area contributed by atoms with E-state index in [0.29, 0.717) is 6.54 Å². The van der Waals surface area contributed by atoms with Crippen molar-refractivity contribution in [2.75, 3.05) is 18.0 Å². The molecule has 1 fully saturated rings. The molecule has 1 N–H and O–H groups in total. The summed E-state index contributed by atoms with van der Waals surface area (Å²) in [7, 11) is 0. The van der Waals surface area contributed by atoms with Crippen molar-refractivity contribution < 1.29 is 22.8 Å². The number of nitrogens with one attached hydrogen (secondary N) is 1. The first-order chi connectivity index (χ1) is 12.3. The number of rotatable bonds is 4. The molecule has 0 spiro atoms. The molecular weight excluding hydrogens is 345 g/mol. The van der Waals surface area contributed by atoms with E-state index in [9.17, 15) is 22.8 Å². The van der Waals surface area contributed by atoms with E-state index in [-0.39, 0.29) is 30.4 Å². The number of anilines is 1. The maximum atomic E-state index is 12.7. The molecule has 1 unspecified atom stereocenters. The first kappa shape index (κ1) is 18.0. The fraction of sp³-hybridized carbons (Fsp3) is 0.263. The Hall–Kier alpha value is -2.83. The van der Waals surface area contributed by atoms with Gasteiger partial charge in [0.1, 0.15) is 0 Å². The topological polar surface area (TPSA) is 49.4 Å². The van der Waals surface area contributed by atoms with E-state index in [4.69, 9.17) is 0 Å². The lowest BCUT2D eigenvalue weighted by Gasteiger charge is -2.17. The number of carbonyl (C=O) groups excluding carboxylic acids is 2. The highest BCUT2D eigenvalue weighted by molar-refractivity contribution is 5.96. The predicted molar refractivity (Wildman–Crippen MR) is 90.7 cm³/mol. The maximum Gasteiger partial charge on any atom is 0.416 e. The van der Waals surface area contributed by atoms with Crippen LogP contribution in [-0.4, -0.2) is 24.9 Å². The summed E-state index contributed by atoms with van der Waals surface area (Å²) < 4.78 is 38.2. The zero-order valence-electron chi connectivity index (χ0n) is 13.8. The van der Waals surface area contributed by atoms with Gasteiger partial charge in [0.2, 0.25) is 5.91 Å². The average Bonchev–Trinajstić information content (AvgIpc) is 3.00. The van der Waals surface area contributed by atoms with Gasteiger partial charge in [0.25, 0.3) is 5.91 Å². The van der Waals surface area contributed by atoms with Crippen LogP contribution in [0.5, 0.6) is 0 Å². The molecule has 26 heavy (non-hydrogen) atoms. The largest absolute Gasteiger partial charge is 0.416 e. The average molecular weight is 362 g/mol. The van der Waals surface area contributed by atoms with Gasteiger partial charge >= 0.3 is 6.18 Å². The van der Waals surface area contributed by atoms with Gasteiger partial charge in [-0.3, -0.25) is 9.59 Å². The summed E-state index contributed by atoms with van der Waals surface area (Å²) in [6, 6.07) is 13.5. The Morgan fingerprint density at radius 2 is 1.85 bits per heavy atom. The number of amides is 2. The molecule has 2 amide bonds. The fourth-order valence-corrected chi connectivity index (χ4v) is 2.95. The molecule has 0 bridgehead atoms. The van der Waals surface area contributed by atoms with Gasteiger partial charge in [-0.25, -0.2) is 0 Å². The molecule has 0 aliphatic carbocycles. The van der Waals surface area contributed by atoms with E-state index in [1.165, 1.54) is 12.1 Å². The molecule has 2 aromatic rings. The monoisotopic (exact) mass is 362 g/mol. The predicted octanol–water partition coefficient (Wildman–Crippen LogP) is 3.49. The standard InChI is InChI=1S/C19H17F3N2O2/c20-19(21,22)15-6-4-5-14(10-15)18(26)23-11-13-9-17(25)24(12-13)16-7-2-1-3-8-16/h1-8,10,13H,9,11-12H2,(H,23,26). The van der Waals surface area contributed by atoms with Crippen LogP contribution in [0.3, 0.4) is 0 Å². The Kier molecular flexibility index (Phi) is 4.97. The van der Waals surface area contributed by atoms with Crippen molar-refractivity contribution in [1.82, 2.24) is 5.32 Å². The van der Waals surface area contributed by atoms with E-state index < -0.39 is 17.6 Å². The van der Waals surface area contributed by atoms with Crippen LogP contribution in [0.15, 0.2) is 54.6 Å². The molecule has 0 saturated carbocycles. The lowest BCUT2D eigenvalue weighted by molar-refractivity contribution is -0.137. The first-order valence-electron chi connectivity index (χ1n) is 8.15. The van der Waals surface area contributed by atoms with Gasteiger partial charge < -0.3 is 10.2 Å². The van der Waals surface area contributed by atoms with Crippen molar-refractivity contribution in [3.63, 3.8) is 0 Å². The minimum atomic E-state index is -4.50. The van der Waals surface area contributed by atoms with Gasteiger partial charge in [-0.1, -0.05) is 24.3 Å². The normalized spacial score (nSPS) is 17.4. The maximum absolute atomic E-state index is 12.7. The molecule has 0 aromatic heterocycles. The number of halogens is 3. The third-order valence-corrected chi connectivity index (χ3v) is 4.28. The SMILES string of the molecule is O=C(NCC1CC(=O)N(c2ccccc2)C1)c1cccc(C(F)(F)F)c1. The van der Waals surface area contributed by atoms with Crippen LogP contribution in [0.1, 0.15) is 22.3 Å². The molecule has 2 aromatic carbocycles. The molecule has 0 radical (unpaired) electrons. The van der Waals surface area contributed by atoms with E-state index >= 15 is 0 Å². The summed E-state index contributed by atoms with van der Waals surface area (Å²) in [5.41, 5.74) is -0.121. The second-order valence-corrected chi connectivity index (χ2v) is 6.20. The summed E-state index contributed by atoms with van der Waals surface area (Å²) in [4.78, 5) is 25.9. The van der Waals surface area contributed by atoms with E-state index in [0.717, 1.165) is 17.8 Å². The van der Waals surface area contributed by atoms with Crippen molar-refractivity contribution in [2.24, 2.45) is 5.92 Å². The number of alkyl halides is 3. The molecule has 7 heteroatoms.